The van der Waals surface area contributed by atoms with E-state index < -0.39 is 5.82 Å². The average molecular weight is 283 g/mol. The van der Waals surface area contributed by atoms with Crippen molar-refractivity contribution in [1.82, 2.24) is 0 Å². The van der Waals surface area contributed by atoms with Crippen molar-refractivity contribution < 1.29 is 14.3 Å². The number of oxime groups is 1. The Morgan fingerprint density at radius 2 is 2.25 bits per heavy atom. The number of nitrogens with two attached hydrogens (primary N) is 1. The molecule has 0 bridgehead atoms. The molecule has 1 unspecified atom stereocenters. The second-order valence-corrected chi connectivity index (χ2v) is 4.59. The Hall–Kier alpha value is -1.82. The van der Waals surface area contributed by atoms with Crippen molar-refractivity contribution in [3.05, 3.63) is 29.6 Å². The fourth-order valence-corrected chi connectivity index (χ4v) is 2.01. The zero-order valence-corrected chi connectivity index (χ0v) is 12.1. The molecule has 20 heavy (non-hydrogen) atoms. The minimum absolute atomic E-state index is 0.106. The van der Waals surface area contributed by atoms with Gasteiger partial charge in [-0.05, 0) is 31.5 Å². The minimum Gasteiger partial charge on any atom is -0.409 e. The van der Waals surface area contributed by atoms with Gasteiger partial charge in [0.25, 0.3) is 0 Å². The number of hydrogen-bond donors (Lipinski definition) is 2. The number of hydrogen-bond acceptors (Lipinski definition) is 4. The number of halogens is 1. The molecule has 3 N–H and O–H groups in total. The van der Waals surface area contributed by atoms with E-state index in [1.165, 1.54) is 12.1 Å². The normalized spacial score (nSPS) is 13.3. The van der Waals surface area contributed by atoms with Gasteiger partial charge >= 0.3 is 0 Å². The van der Waals surface area contributed by atoms with Crippen LogP contribution >= 0.6 is 0 Å². The van der Waals surface area contributed by atoms with Gasteiger partial charge in [0.05, 0.1) is 6.61 Å². The lowest BCUT2D eigenvalue weighted by molar-refractivity contribution is 0.203. The summed E-state index contributed by atoms with van der Waals surface area (Å²) in [6.45, 7) is 5.31. The van der Waals surface area contributed by atoms with Gasteiger partial charge < -0.3 is 20.6 Å². The SMILES string of the molecule is CCC(C)N(CCOC)c1ccc(F)cc1C(N)=NO. The molecule has 0 saturated heterocycles. The first-order valence-corrected chi connectivity index (χ1v) is 6.58. The van der Waals surface area contributed by atoms with Crippen LogP contribution in [0.5, 0.6) is 0 Å². The van der Waals surface area contributed by atoms with Crippen LogP contribution < -0.4 is 10.6 Å². The van der Waals surface area contributed by atoms with Crippen LogP contribution in [0.3, 0.4) is 0 Å². The fraction of sp³-hybridized carbons (Fsp3) is 0.500. The number of anilines is 1. The third-order valence-corrected chi connectivity index (χ3v) is 3.31. The highest BCUT2D eigenvalue weighted by Crippen LogP contribution is 2.24. The van der Waals surface area contributed by atoms with Gasteiger partial charge in [-0.3, -0.25) is 0 Å². The Kier molecular flexibility index (Phi) is 6.24. The Morgan fingerprint density at radius 1 is 1.55 bits per heavy atom. The van der Waals surface area contributed by atoms with E-state index >= 15 is 0 Å². The van der Waals surface area contributed by atoms with Crippen LogP contribution in [0.2, 0.25) is 0 Å². The van der Waals surface area contributed by atoms with Gasteiger partial charge in [-0.1, -0.05) is 12.1 Å². The largest absolute Gasteiger partial charge is 0.409 e. The van der Waals surface area contributed by atoms with Gasteiger partial charge in [-0.15, -0.1) is 0 Å². The van der Waals surface area contributed by atoms with Crippen molar-refractivity contribution in [3.8, 4) is 0 Å². The van der Waals surface area contributed by atoms with E-state index in [9.17, 15) is 4.39 Å². The van der Waals surface area contributed by atoms with Crippen LogP contribution in [0.4, 0.5) is 10.1 Å². The molecule has 6 heteroatoms. The topological polar surface area (TPSA) is 71.1 Å². The molecule has 1 rings (SSSR count). The molecule has 0 saturated carbocycles. The highest BCUT2D eigenvalue weighted by Gasteiger charge is 2.18. The van der Waals surface area contributed by atoms with Crippen molar-refractivity contribution in [3.63, 3.8) is 0 Å². The first kappa shape index (κ1) is 16.2. The average Bonchev–Trinajstić information content (AvgIpc) is 2.47. The predicted molar refractivity (Wildman–Crippen MR) is 77.9 cm³/mol. The maximum absolute atomic E-state index is 13.4. The van der Waals surface area contributed by atoms with E-state index in [1.54, 1.807) is 13.2 Å². The highest BCUT2D eigenvalue weighted by atomic mass is 19.1. The summed E-state index contributed by atoms with van der Waals surface area (Å²) in [6.07, 6.45) is 0.913. The molecule has 0 aliphatic carbocycles. The van der Waals surface area contributed by atoms with E-state index in [4.69, 9.17) is 15.7 Å². The first-order valence-electron chi connectivity index (χ1n) is 6.58. The van der Waals surface area contributed by atoms with Gasteiger partial charge in [-0.2, -0.15) is 0 Å². The number of ether oxygens (including phenoxy) is 1. The number of amidine groups is 1. The van der Waals surface area contributed by atoms with E-state index in [2.05, 4.69) is 23.9 Å². The molecule has 1 atom stereocenters. The van der Waals surface area contributed by atoms with Crippen molar-refractivity contribution in [2.24, 2.45) is 10.9 Å². The highest BCUT2D eigenvalue weighted by molar-refractivity contribution is 6.02. The van der Waals surface area contributed by atoms with Crippen molar-refractivity contribution in [2.45, 2.75) is 26.3 Å². The maximum atomic E-state index is 13.4. The summed E-state index contributed by atoms with van der Waals surface area (Å²) in [5.74, 6) is -0.531. The minimum atomic E-state index is -0.425. The maximum Gasteiger partial charge on any atom is 0.172 e. The molecule has 0 amide bonds. The van der Waals surface area contributed by atoms with Crippen molar-refractivity contribution in [1.29, 1.82) is 0 Å². The van der Waals surface area contributed by atoms with Gasteiger partial charge in [0.1, 0.15) is 5.82 Å². The molecule has 0 heterocycles. The lowest BCUT2D eigenvalue weighted by Gasteiger charge is -2.32. The third kappa shape index (κ3) is 3.84. The Morgan fingerprint density at radius 3 is 2.80 bits per heavy atom. The van der Waals surface area contributed by atoms with E-state index in [1.807, 2.05) is 0 Å². The van der Waals surface area contributed by atoms with E-state index in [-0.39, 0.29) is 11.9 Å². The molecule has 0 aromatic heterocycles. The smallest absolute Gasteiger partial charge is 0.172 e. The van der Waals surface area contributed by atoms with E-state index in [0.717, 1.165) is 12.1 Å². The molecule has 112 valence electrons. The number of nitrogens with zero attached hydrogens (tertiary/aromatic N) is 2. The van der Waals surface area contributed by atoms with Crippen LogP contribution in [0, 0.1) is 5.82 Å². The molecule has 1 aromatic rings. The molecular formula is C14H22FN3O2. The first-order chi connectivity index (χ1) is 9.54. The molecule has 5 nitrogen and oxygen atoms in total. The van der Waals surface area contributed by atoms with Crippen molar-refractivity contribution in [2.75, 3.05) is 25.2 Å². The molecule has 1 aromatic carbocycles. The molecular weight excluding hydrogens is 261 g/mol. The number of methoxy groups -OCH3 is 1. The molecule has 0 fully saturated rings. The second-order valence-electron chi connectivity index (χ2n) is 4.59. The summed E-state index contributed by atoms with van der Waals surface area (Å²) in [5, 5.41) is 11.8. The Bertz CT molecular complexity index is 466. The molecule has 0 aliphatic rings. The van der Waals surface area contributed by atoms with E-state index in [0.29, 0.717) is 18.7 Å². The lowest BCUT2D eigenvalue weighted by atomic mass is 10.1. The zero-order chi connectivity index (χ0) is 15.1. The second kappa shape index (κ2) is 7.69. The van der Waals surface area contributed by atoms with Crippen LogP contribution in [-0.2, 0) is 4.74 Å². The van der Waals surface area contributed by atoms with Gasteiger partial charge in [0.2, 0.25) is 0 Å². The van der Waals surface area contributed by atoms with Crippen LogP contribution in [0.1, 0.15) is 25.8 Å². The monoisotopic (exact) mass is 283 g/mol. The van der Waals surface area contributed by atoms with Gasteiger partial charge in [0.15, 0.2) is 5.84 Å². The molecule has 0 radical (unpaired) electrons. The predicted octanol–water partition coefficient (Wildman–Crippen LogP) is 2.17. The number of rotatable bonds is 7. The summed E-state index contributed by atoms with van der Waals surface area (Å²) in [6, 6.07) is 4.50. The van der Waals surface area contributed by atoms with Crippen LogP contribution in [-0.4, -0.2) is 37.3 Å². The summed E-state index contributed by atoms with van der Waals surface area (Å²) in [4.78, 5) is 2.07. The molecule has 0 spiro atoms. The van der Waals surface area contributed by atoms with Gasteiger partial charge in [-0.25, -0.2) is 4.39 Å². The summed E-state index contributed by atoms with van der Waals surface area (Å²) >= 11 is 0. The zero-order valence-electron chi connectivity index (χ0n) is 12.1. The molecule has 0 aliphatic heterocycles. The van der Waals surface area contributed by atoms with Crippen LogP contribution in [0.15, 0.2) is 23.4 Å². The summed E-state index contributed by atoms with van der Waals surface area (Å²) in [5.41, 5.74) is 6.76. The Balaban J connectivity index is 3.24. The summed E-state index contributed by atoms with van der Waals surface area (Å²) in [7, 11) is 1.63. The van der Waals surface area contributed by atoms with Crippen molar-refractivity contribution >= 4 is 11.5 Å². The third-order valence-electron chi connectivity index (χ3n) is 3.31. The quantitative estimate of drug-likeness (QED) is 0.348. The van der Waals surface area contributed by atoms with Crippen LogP contribution in [0.25, 0.3) is 0 Å². The Labute approximate surface area is 118 Å². The fourth-order valence-electron chi connectivity index (χ4n) is 2.01. The summed E-state index contributed by atoms with van der Waals surface area (Å²) < 4.78 is 18.5. The number of benzene rings is 1. The lowest BCUT2D eigenvalue weighted by Crippen LogP contribution is -2.37. The standard InChI is InChI=1S/C14H22FN3O2/c1-4-10(2)18(7-8-20-3)13-6-5-11(15)9-12(13)14(16)17-19/h5-6,9-10,19H,4,7-8H2,1-3H3,(H2,16,17). The van der Waals surface area contributed by atoms with Gasteiger partial charge in [0, 0.05) is 30.9 Å².